The van der Waals surface area contributed by atoms with Crippen molar-refractivity contribution in [2.24, 2.45) is 13.0 Å². The highest BCUT2D eigenvalue weighted by molar-refractivity contribution is 5.03. The molecule has 2 rings (SSSR count). The van der Waals surface area contributed by atoms with Crippen LogP contribution in [-0.2, 0) is 13.6 Å². The van der Waals surface area contributed by atoms with E-state index in [9.17, 15) is 0 Å². The molecule has 1 aromatic heterocycles. The number of likely N-dealkylation sites (tertiary alicyclic amines) is 1. The highest BCUT2D eigenvalue weighted by atomic mass is 15.2. The van der Waals surface area contributed by atoms with Gasteiger partial charge in [0.05, 0.1) is 6.20 Å². The Morgan fingerprint density at radius 3 is 3.12 bits per heavy atom. The van der Waals surface area contributed by atoms with Crippen molar-refractivity contribution in [2.45, 2.75) is 19.4 Å². The van der Waals surface area contributed by atoms with Crippen LogP contribution in [0.1, 0.15) is 18.4 Å². The van der Waals surface area contributed by atoms with E-state index in [0.717, 1.165) is 19.0 Å². The number of nitrogens with zero attached hydrogens (tertiary/aromatic N) is 3. The van der Waals surface area contributed by atoms with Crippen LogP contribution in [-0.4, -0.2) is 41.4 Å². The first-order chi connectivity index (χ1) is 7.78. The Balaban J connectivity index is 1.85. The second-order valence-corrected chi connectivity index (χ2v) is 4.82. The number of aryl methyl sites for hydroxylation is 1. The van der Waals surface area contributed by atoms with Gasteiger partial charge in [0.2, 0.25) is 0 Å². The average molecular weight is 222 g/mol. The zero-order valence-corrected chi connectivity index (χ0v) is 10.3. The quantitative estimate of drug-likeness (QED) is 0.820. The largest absolute Gasteiger partial charge is 0.319 e. The molecule has 1 aromatic rings. The van der Waals surface area contributed by atoms with Gasteiger partial charge in [0.1, 0.15) is 0 Å². The smallest absolute Gasteiger partial charge is 0.0534 e. The molecule has 0 bridgehead atoms. The Morgan fingerprint density at radius 1 is 1.56 bits per heavy atom. The second kappa shape index (κ2) is 5.46. The summed E-state index contributed by atoms with van der Waals surface area (Å²) in [4.78, 5) is 2.54. The molecule has 1 aliphatic heterocycles. The minimum absolute atomic E-state index is 0.815. The van der Waals surface area contributed by atoms with Gasteiger partial charge in [0.25, 0.3) is 0 Å². The predicted octanol–water partition coefficient (Wildman–Crippen LogP) is 0.851. The standard InChI is InChI=1S/C12H22N4/c1-13-6-11-4-3-5-16(9-11)10-12-7-14-15(2)8-12/h7-8,11,13H,3-6,9-10H2,1-2H3. The number of aromatic nitrogens is 2. The van der Waals surface area contributed by atoms with Crippen molar-refractivity contribution in [3.8, 4) is 0 Å². The van der Waals surface area contributed by atoms with Crippen LogP contribution in [0, 0.1) is 5.92 Å². The maximum absolute atomic E-state index is 4.22. The number of rotatable bonds is 4. The van der Waals surface area contributed by atoms with Crippen LogP contribution in [0.15, 0.2) is 12.4 Å². The zero-order valence-electron chi connectivity index (χ0n) is 10.3. The third-order valence-electron chi connectivity index (χ3n) is 3.26. The molecule has 0 aromatic carbocycles. The van der Waals surface area contributed by atoms with Crippen LogP contribution < -0.4 is 5.32 Å². The van der Waals surface area contributed by atoms with Crippen molar-refractivity contribution >= 4 is 0 Å². The van der Waals surface area contributed by atoms with Gasteiger partial charge in [-0.2, -0.15) is 5.10 Å². The van der Waals surface area contributed by atoms with E-state index in [4.69, 9.17) is 0 Å². The minimum atomic E-state index is 0.815. The maximum Gasteiger partial charge on any atom is 0.0534 e. The summed E-state index contributed by atoms with van der Waals surface area (Å²) in [6, 6.07) is 0. The molecule has 1 aliphatic rings. The van der Waals surface area contributed by atoms with Crippen LogP contribution in [0.2, 0.25) is 0 Å². The molecule has 0 saturated carbocycles. The molecule has 1 fully saturated rings. The topological polar surface area (TPSA) is 33.1 Å². The molecule has 0 radical (unpaired) electrons. The first kappa shape index (κ1) is 11.6. The van der Waals surface area contributed by atoms with Gasteiger partial charge in [-0.25, -0.2) is 0 Å². The lowest BCUT2D eigenvalue weighted by Crippen LogP contribution is -2.38. The van der Waals surface area contributed by atoms with E-state index >= 15 is 0 Å². The molecule has 4 nitrogen and oxygen atoms in total. The third kappa shape index (κ3) is 3.06. The van der Waals surface area contributed by atoms with Gasteiger partial charge in [0.15, 0.2) is 0 Å². The van der Waals surface area contributed by atoms with E-state index in [1.54, 1.807) is 0 Å². The van der Waals surface area contributed by atoms with Gasteiger partial charge < -0.3 is 5.32 Å². The summed E-state index contributed by atoms with van der Waals surface area (Å²) in [6.07, 6.45) is 6.78. The van der Waals surface area contributed by atoms with Crippen molar-refractivity contribution in [3.63, 3.8) is 0 Å². The molecular weight excluding hydrogens is 200 g/mol. The molecule has 4 heteroatoms. The lowest BCUT2D eigenvalue weighted by molar-refractivity contribution is 0.167. The molecule has 16 heavy (non-hydrogen) atoms. The van der Waals surface area contributed by atoms with Crippen LogP contribution >= 0.6 is 0 Å². The zero-order chi connectivity index (χ0) is 11.4. The van der Waals surface area contributed by atoms with E-state index < -0.39 is 0 Å². The highest BCUT2D eigenvalue weighted by Gasteiger charge is 2.19. The number of hydrogen-bond acceptors (Lipinski definition) is 3. The highest BCUT2D eigenvalue weighted by Crippen LogP contribution is 2.17. The molecule has 0 amide bonds. The van der Waals surface area contributed by atoms with Gasteiger partial charge >= 0.3 is 0 Å². The van der Waals surface area contributed by atoms with E-state index in [1.165, 1.54) is 31.5 Å². The normalized spacial score (nSPS) is 22.5. The molecule has 90 valence electrons. The Bertz CT molecular complexity index is 319. The fraction of sp³-hybridized carbons (Fsp3) is 0.750. The molecule has 1 N–H and O–H groups in total. The van der Waals surface area contributed by atoms with Crippen LogP contribution in [0.4, 0.5) is 0 Å². The third-order valence-corrected chi connectivity index (χ3v) is 3.26. The Morgan fingerprint density at radius 2 is 2.44 bits per heavy atom. The number of piperidine rings is 1. The Labute approximate surface area is 97.6 Å². The molecule has 1 atom stereocenters. The fourth-order valence-corrected chi connectivity index (χ4v) is 2.56. The Kier molecular flexibility index (Phi) is 3.96. The van der Waals surface area contributed by atoms with Gasteiger partial charge in [0, 0.05) is 31.9 Å². The van der Waals surface area contributed by atoms with E-state index in [-0.39, 0.29) is 0 Å². The average Bonchev–Trinajstić information content (AvgIpc) is 2.65. The fourth-order valence-electron chi connectivity index (χ4n) is 2.56. The first-order valence-corrected chi connectivity index (χ1v) is 6.12. The SMILES string of the molecule is CNCC1CCCN(Cc2cnn(C)c2)C1. The first-order valence-electron chi connectivity index (χ1n) is 6.12. The summed E-state index contributed by atoms with van der Waals surface area (Å²) >= 11 is 0. The van der Waals surface area contributed by atoms with Gasteiger partial charge in [-0.1, -0.05) is 0 Å². The van der Waals surface area contributed by atoms with Crippen LogP contribution in [0.25, 0.3) is 0 Å². The van der Waals surface area contributed by atoms with Gasteiger partial charge in [-0.3, -0.25) is 9.58 Å². The van der Waals surface area contributed by atoms with Crippen LogP contribution in [0.5, 0.6) is 0 Å². The van der Waals surface area contributed by atoms with Gasteiger partial charge in [-0.05, 0) is 38.9 Å². The molecule has 2 heterocycles. The van der Waals surface area contributed by atoms with Crippen LogP contribution in [0.3, 0.4) is 0 Å². The molecule has 0 spiro atoms. The molecule has 0 aliphatic carbocycles. The van der Waals surface area contributed by atoms with Crippen molar-refractivity contribution < 1.29 is 0 Å². The lowest BCUT2D eigenvalue weighted by atomic mass is 9.98. The number of hydrogen-bond donors (Lipinski definition) is 1. The van der Waals surface area contributed by atoms with Crippen molar-refractivity contribution in [1.82, 2.24) is 20.0 Å². The Hall–Kier alpha value is -0.870. The van der Waals surface area contributed by atoms with Crippen molar-refractivity contribution in [1.29, 1.82) is 0 Å². The molecular formula is C12H22N4. The summed E-state index contributed by atoms with van der Waals surface area (Å²) in [7, 11) is 4.02. The van der Waals surface area contributed by atoms with E-state index in [1.807, 2.05) is 25.0 Å². The summed E-state index contributed by atoms with van der Waals surface area (Å²) in [6.45, 7) is 4.64. The maximum atomic E-state index is 4.22. The monoisotopic (exact) mass is 222 g/mol. The molecule has 1 unspecified atom stereocenters. The van der Waals surface area contributed by atoms with E-state index in [0.29, 0.717) is 0 Å². The lowest BCUT2D eigenvalue weighted by Gasteiger charge is -2.32. The summed E-state index contributed by atoms with van der Waals surface area (Å²) in [5, 5.41) is 7.50. The summed E-state index contributed by atoms with van der Waals surface area (Å²) in [5.41, 5.74) is 1.33. The number of nitrogens with one attached hydrogen (secondary N) is 1. The van der Waals surface area contributed by atoms with Crippen molar-refractivity contribution in [3.05, 3.63) is 18.0 Å². The molecule has 1 saturated heterocycles. The second-order valence-electron chi connectivity index (χ2n) is 4.82. The van der Waals surface area contributed by atoms with Gasteiger partial charge in [-0.15, -0.1) is 0 Å². The summed E-state index contributed by atoms with van der Waals surface area (Å²) < 4.78 is 1.88. The minimum Gasteiger partial charge on any atom is -0.319 e. The predicted molar refractivity (Wildman–Crippen MR) is 65.1 cm³/mol. The van der Waals surface area contributed by atoms with E-state index in [2.05, 4.69) is 21.5 Å². The van der Waals surface area contributed by atoms with Crippen molar-refractivity contribution in [2.75, 3.05) is 26.7 Å². The summed E-state index contributed by atoms with van der Waals surface area (Å²) in [5.74, 6) is 0.815.